The van der Waals surface area contributed by atoms with Gasteiger partial charge in [-0.3, -0.25) is 0 Å². The molecule has 4 nitrogen and oxygen atoms in total. The molecule has 0 aliphatic heterocycles. The summed E-state index contributed by atoms with van der Waals surface area (Å²) in [4.78, 5) is 0. The molecular formula is C12H17N3O. The largest absolute Gasteiger partial charge is 0.395 e. The van der Waals surface area contributed by atoms with Gasteiger partial charge in [-0.05, 0) is 11.6 Å². The Labute approximate surface area is 94.5 Å². The Kier molecular flexibility index (Phi) is 2.96. The van der Waals surface area contributed by atoms with Crippen LogP contribution in [0, 0.1) is 0 Å². The molecule has 0 spiro atoms. The highest BCUT2D eigenvalue weighted by atomic mass is 16.3. The smallest absolute Gasteiger partial charge is 0.0601 e. The molecule has 86 valence electrons. The van der Waals surface area contributed by atoms with Gasteiger partial charge in [0.1, 0.15) is 0 Å². The highest BCUT2D eigenvalue weighted by Gasteiger charge is 2.18. The number of hydrogen-bond donors (Lipinski definition) is 3. The predicted molar refractivity (Wildman–Crippen MR) is 64.9 cm³/mol. The Hall–Kier alpha value is -1.36. The number of aromatic nitrogens is 1. The molecular weight excluding hydrogens is 202 g/mol. The van der Waals surface area contributed by atoms with Crippen LogP contribution in [0.5, 0.6) is 0 Å². The van der Waals surface area contributed by atoms with Gasteiger partial charge in [0.25, 0.3) is 0 Å². The van der Waals surface area contributed by atoms with Gasteiger partial charge in [0.2, 0.25) is 0 Å². The number of aryl methyl sites for hydroxylation is 1. The van der Waals surface area contributed by atoms with E-state index in [1.165, 1.54) is 0 Å². The molecule has 5 N–H and O–H groups in total. The van der Waals surface area contributed by atoms with E-state index in [9.17, 15) is 0 Å². The van der Waals surface area contributed by atoms with Crippen LogP contribution in [0.3, 0.4) is 0 Å². The van der Waals surface area contributed by atoms with Crippen molar-refractivity contribution < 1.29 is 5.11 Å². The first-order valence-electron chi connectivity index (χ1n) is 5.31. The lowest BCUT2D eigenvalue weighted by molar-refractivity contribution is 0.250. The molecule has 2 rings (SSSR count). The zero-order chi connectivity index (χ0) is 11.7. The standard InChI is InChI=1S/C12H17N3O/c1-15-6-9(12(14)10(13)7-16)8-4-2-3-5-11(8)15/h2-6,10,12,16H,7,13-14H2,1H3. The van der Waals surface area contributed by atoms with Crippen LogP contribution in [0.2, 0.25) is 0 Å². The number of nitrogens with two attached hydrogens (primary N) is 2. The van der Waals surface area contributed by atoms with Crippen molar-refractivity contribution in [3.8, 4) is 0 Å². The molecule has 0 fully saturated rings. The first-order valence-corrected chi connectivity index (χ1v) is 5.31. The number of rotatable bonds is 3. The van der Waals surface area contributed by atoms with Crippen LogP contribution in [-0.2, 0) is 7.05 Å². The molecule has 2 atom stereocenters. The molecule has 0 saturated carbocycles. The fraction of sp³-hybridized carbons (Fsp3) is 0.333. The number of aliphatic hydroxyl groups is 1. The lowest BCUT2D eigenvalue weighted by atomic mass is 10.0. The molecule has 2 unspecified atom stereocenters. The highest BCUT2D eigenvalue weighted by molar-refractivity contribution is 5.84. The number of nitrogens with zero attached hydrogens (tertiary/aromatic N) is 1. The topological polar surface area (TPSA) is 77.2 Å². The van der Waals surface area contributed by atoms with Gasteiger partial charge in [-0.25, -0.2) is 0 Å². The van der Waals surface area contributed by atoms with Crippen LogP contribution < -0.4 is 11.5 Å². The van der Waals surface area contributed by atoms with E-state index in [2.05, 4.69) is 0 Å². The molecule has 0 aliphatic rings. The fourth-order valence-electron chi connectivity index (χ4n) is 1.98. The van der Waals surface area contributed by atoms with Crippen molar-refractivity contribution >= 4 is 10.9 Å². The minimum absolute atomic E-state index is 0.107. The van der Waals surface area contributed by atoms with Crippen molar-refractivity contribution in [1.29, 1.82) is 0 Å². The van der Waals surface area contributed by atoms with Gasteiger partial charge < -0.3 is 21.1 Å². The van der Waals surface area contributed by atoms with Crippen LogP contribution >= 0.6 is 0 Å². The van der Waals surface area contributed by atoms with E-state index in [1.54, 1.807) is 0 Å². The Bertz CT molecular complexity index is 492. The highest BCUT2D eigenvalue weighted by Crippen LogP contribution is 2.25. The third-order valence-electron chi connectivity index (χ3n) is 2.96. The van der Waals surface area contributed by atoms with Crippen LogP contribution in [0.4, 0.5) is 0 Å². The van der Waals surface area contributed by atoms with Crippen molar-refractivity contribution in [2.45, 2.75) is 12.1 Å². The summed E-state index contributed by atoms with van der Waals surface area (Å²) < 4.78 is 2.02. The molecule has 16 heavy (non-hydrogen) atoms. The zero-order valence-corrected chi connectivity index (χ0v) is 9.30. The number of aliphatic hydroxyl groups excluding tert-OH is 1. The molecule has 2 aromatic rings. The average Bonchev–Trinajstić information content (AvgIpc) is 2.65. The Morgan fingerprint density at radius 3 is 2.69 bits per heavy atom. The van der Waals surface area contributed by atoms with Gasteiger partial charge in [0.15, 0.2) is 0 Å². The van der Waals surface area contributed by atoms with Crippen molar-refractivity contribution in [2.24, 2.45) is 18.5 Å². The first kappa shape index (κ1) is 11.1. The summed E-state index contributed by atoms with van der Waals surface area (Å²) in [6.07, 6.45) is 1.98. The Balaban J connectivity index is 2.52. The summed E-state index contributed by atoms with van der Waals surface area (Å²) in [6, 6.07) is 7.26. The molecule has 4 heteroatoms. The van der Waals surface area contributed by atoms with Gasteiger partial charge >= 0.3 is 0 Å². The fourth-order valence-corrected chi connectivity index (χ4v) is 1.98. The predicted octanol–water partition coefficient (Wildman–Crippen LogP) is 0.498. The second kappa shape index (κ2) is 4.25. The summed E-state index contributed by atoms with van der Waals surface area (Å²) in [5.74, 6) is 0. The van der Waals surface area contributed by atoms with Crippen molar-refractivity contribution in [3.05, 3.63) is 36.0 Å². The minimum atomic E-state index is -0.425. The van der Waals surface area contributed by atoms with Crippen LogP contribution in [0.15, 0.2) is 30.5 Å². The van der Waals surface area contributed by atoms with Gasteiger partial charge in [-0.1, -0.05) is 18.2 Å². The first-order chi connectivity index (χ1) is 7.65. The van der Waals surface area contributed by atoms with E-state index >= 15 is 0 Å². The van der Waals surface area contributed by atoms with Crippen LogP contribution in [0.25, 0.3) is 10.9 Å². The number of para-hydroxylation sites is 1. The molecule has 0 amide bonds. The van der Waals surface area contributed by atoms with E-state index in [0.717, 1.165) is 16.5 Å². The van der Waals surface area contributed by atoms with E-state index in [0.29, 0.717) is 0 Å². The summed E-state index contributed by atoms with van der Waals surface area (Å²) in [7, 11) is 1.98. The van der Waals surface area contributed by atoms with Gasteiger partial charge in [0.05, 0.1) is 6.61 Å². The molecule has 0 radical (unpaired) electrons. The van der Waals surface area contributed by atoms with E-state index in [4.69, 9.17) is 16.6 Å². The Morgan fingerprint density at radius 1 is 1.31 bits per heavy atom. The SMILES string of the molecule is Cn1cc(C(N)C(N)CO)c2ccccc21. The third kappa shape index (κ3) is 1.71. The zero-order valence-electron chi connectivity index (χ0n) is 9.30. The van der Waals surface area contributed by atoms with Gasteiger partial charge in [0, 0.05) is 36.2 Å². The van der Waals surface area contributed by atoms with E-state index in [1.807, 2.05) is 42.1 Å². The van der Waals surface area contributed by atoms with Crippen molar-refractivity contribution in [3.63, 3.8) is 0 Å². The maximum atomic E-state index is 9.03. The molecule has 1 heterocycles. The van der Waals surface area contributed by atoms with E-state index < -0.39 is 6.04 Å². The summed E-state index contributed by atoms with van der Waals surface area (Å²) >= 11 is 0. The lowest BCUT2D eigenvalue weighted by Crippen LogP contribution is -2.36. The second-order valence-electron chi connectivity index (χ2n) is 4.08. The maximum Gasteiger partial charge on any atom is 0.0601 e. The molecule has 0 aliphatic carbocycles. The molecule has 1 aromatic heterocycles. The molecule has 0 saturated heterocycles. The summed E-state index contributed by atoms with van der Waals surface area (Å²) in [5, 5.41) is 10.1. The second-order valence-corrected chi connectivity index (χ2v) is 4.08. The molecule has 1 aromatic carbocycles. The summed E-state index contributed by atoms with van der Waals surface area (Å²) in [6.45, 7) is -0.107. The maximum absolute atomic E-state index is 9.03. The lowest BCUT2D eigenvalue weighted by Gasteiger charge is -2.16. The van der Waals surface area contributed by atoms with Crippen molar-refractivity contribution in [1.82, 2.24) is 4.57 Å². The average molecular weight is 219 g/mol. The minimum Gasteiger partial charge on any atom is -0.395 e. The number of fused-ring (bicyclic) bond motifs is 1. The van der Waals surface area contributed by atoms with Gasteiger partial charge in [-0.2, -0.15) is 0 Å². The quantitative estimate of drug-likeness (QED) is 0.703. The normalized spacial score (nSPS) is 15.2. The molecule has 0 bridgehead atoms. The number of benzene rings is 1. The van der Waals surface area contributed by atoms with E-state index in [-0.39, 0.29) is 12.6 Å². The monoisotopic (exact) mass is 219 g/mol. The van der Waals surface area contributed by atoms with Crippen LogP contribution in [0.1, 0.15) is 11.6 Å². The van der Waals surface area contributed by atoms with Crippen LogP contribution in [-0.4, -0.2) is 22.3 Å². The number of hydrogen-bond acceptors (Lipinski definition) is 3. The third-order valence-corrected chi connectivity index (χ3v) is 2.96. The Morgan fingerprint density at radius 2 is 2.00 bits per heavy atom. The van der Waals surface area contributed by atoms with Gasteiger partial charge in [-0.15, -0.1) is 0 Å². The van der Waals surface area contributed by atoms with Crippen molar-refractivity contribution in [2.75, 3.05) is 6.61 Å². The summed E-state index contributed by atoms with van der Waals surface area (Å²) in [5.41, 5.74) is 13.9.